The van der Waals surface area contributed by atoms with E-state index in [2.05, 4.69) is 82.9 Å². The van der Waals surface area contributed by atoms with Crippen molar-refractivity contribution in [2.45, 2.75) is 6.92 Å². The zero-order chi connectivity index (χ0) is 30.2. The molecule has 4 nitrogen and oxygen atoms in total. The third-order valence-electron chi connectivity index (χ3n) is 8.22. The van der Waals surface area contributed by atoms with Gasteiger partial charge in [-0.2, -0.15) is 0 Å². The first-order valence-corrected chi connectivity index (χ1v) is 14.9. The maximum atomic E-state index is 6.37. The zero-order valence-corrected chi connectivity index (χ0v) is 27.3. The van der Waals surface area contributed by atoms with Crippen molar-refractivity contribution in [3.63, 3.8) is 0 Å². The maximum absolute atomic E-state index is 6.37. The maximum Gasteiger partial charge on any atom is 0.136 e. The normalized spacial score (nSPS) is 11.2. The summed E-state index contributed by atoms with van der Waals surface area (Å²) in [6.07, 6.45) is 3.61. The number of nitrogens with one attached hydrogen (secondary N) is 1. The number of hydrogen-bond donors (Lipinski definition) is 1. The Morgan fingerprint density at radius 2 is 1.33 bits per heavy atom. The summed E-state index contributed by atoms with van der Waals surface area (Å²) in [7, 11) is 0. The minimum Gasteiger partial charge on any atom is -0.456 e. The molecule has 0 atom stereocenters. The van der Waals surface area contributed by atoms with E-state index < -0.39 is 0 Å². The molecule has 1 aliphatic heterocycles. The standard InChI is InChI=1S/C30H19N2O.C11H8N.Ir/c1-18-22-17-28-30(21-9-3-5-12-27(21)33-28)29(18)20-8-2-4-11-25(20)32-26-14-13-19(16-23(22)26)24-10-6-7-15-31-24;1-2-6-10(7-3-1)11-8-4-5-9-12-11;/h2-12,14-17,32H,1H3;1-6,8-9H;/q2*-1;. The van der Waals surface area contributed by atoms with Crippen molar-refractivity contribution in [1.29, 1.82) is 0 Å². The molecule has 9 rings (SSSR count). The molecule has 0 fully saturated rings. The van der Waals surface area contributed by atoms with Gasteiger partial charge in [0, 0.05) is 54.5 Å². The van der Waals surface area contributed by atoms with Crippen LogP contribution in [0.1, 0.15) is 5.56 Å². The molecule has 4 heterocycles. The minimum absolute atomic E-state index is 0. The van der Waals surface area contributed by atoms with Crippen LogP contribution >= 0.6 is 0 Å². The fourth-order valence-corrected chi connectivity index (χ4v) is 6.12. The average Bonchev–Trinajstić information content (AvgIpc) is 3.48. The monoisotopic (exact) mass is 770 g/mol. The molecule has 8 aromatic rings. The number of aromatic nitrogens is 2. The first-order valence-electron chi connectivity index (χ1n) is 14.9. The number of rotatable bonds is 2. The van der Waals surface area contributed by atoms with E-state index in [-0.39, 0.29) is 20.1 Å². The molecule has 1 aliphatic rings. The molecule has 5 aromatic carbocycles. The number of para-hydroxylation sites is 2. The number of benzene rings is 5. The molecule has 5 heteroatoms. The van der Waals surface area contributed by atoms with Crippen molar-refractivity contribution in [3.8, 4) is 44.8 Å². The molecule has 223 valence electrons. The van der Waals surface area contributed by atoms with Gasteiger partial charge in [-0.05, 0) is 71.0 Å². The van der Waals surface area contributed by atoms with E-state index >= 15 is 0 Å². The smallest absolute Gasteiger partial charge is 0.136 e. The van der Waals surface area contributed by atoms with Crippen LogP contribution in [0.25, 0.3) is 66.7 Å². The topological polar surface area (TPSA) is 51.0 Å². The molecule has 0 amide bonds. The Bertz CT molecular complexity index is 2260. The van der Waals surface area contributed by atoms with Gasteiger partial charge in [0.25, 0.3) is 0 Å². The summed E-state index contributed by atoms with van der Waals surface area (Å²) in [5.41, 5.74) is 13.7. The van der Waals surface area contributed by atoms with Gasteiger partial charge < -0.3 is 19.7 Å². The molecule has 2 bridgehead atoms. The fourth-order valence-electron chi connectivity index (χ4n) is 6.12. The molecule has 0 unspecified atom stereocenters. The van der Waals surface area contributed by atoms with E-state index in [9.17, 15) is 0 Å². The summed E-state index contributed by atoms with van der Waals surface area (Å²) in [5, 5.41) is 5.99. The van der Waals surface area contributed by atoms with E-state index in [0.717, 1.165) is 67.0 Å². The van der Waals surface area contributed by atoms with Crippen LogP contribution in [0.5, 0.6) is 0 Å². The third-order valence-corrected chi connectivity index (χ3v) is 8.22. The van der Waals surface area contributed by atoms with E-state index in [0.29, 0.717) is 0 Å². The van der Waals surface area contributed by atoms with Gasteiger partial charge in [0.05, 0.1) is 0 Å². The molecule has 1 radical (unpaired) electrons. The van der Waals surface area contributed by atoms with Gasteiger partial charge >= 0.3 is 0 Å². The fraction of sp³-hybridized carbons (Fsp3) is 0.0244. The van der Waals surface area contributed by atoms with Crippen LogP contribution in [0.4, 0.5) is 11.4 Å². The van der Waals surface area contributed by atoms with Crippen molar-refractivity contribution in [1.82, 2.24) is 9.97 Å². The van der Waals surface area contributed by atoms with Crippen LogP contribution in [-0.4, -0.2) is 9.97 Å². The molecule has 3 aromatic heterocycles. The Kier molecular flexibility index (Phi) is 8.02. The van der Waals surface area contributed by atoms with Gasteiger partial charge in [0.1, 0.15) is 11.2 Å². The number of furan rings is 1. The van der Waals surface area contributed by atoms with Gasteiger partial charge in [-0.1, -0.05) is 66.2 Å². The third kappa shape index (κ3) is 5.30. The summed E-state index contributed by atoms with van der Waals surface area (Å²) >= 11 is 0. The molecular weight excluding hydrogens is 743 g/mol. The summed E-state index contributed by atoms with van der Waals surface area (Å²) in [6, 6.07) is 49.4. The van der Waals surface area contributed by atoms with Crippen LogP contribution in [0, 0.1) is 19.1 Å². The van der Waals surface area contributed by atoms with Crippen molar-refractivity contribution >= 4 is 33.3 Å². The quantitative estimate of drug-likeness (QED) is 0.178. The molecule has 0 spiro atoms. The Hall–Kier alpha value is -5.35. The minimum atomic E-state index is 0. The van der Waals surface area contributed by atoms with Gasteiger partial charge in [0.15, 0.2) is 0 Å². The van der Waals surface area contributed by atoms with E-state index in [1.54, 1.807) is 6.20 Å². The van der Waals surface area contributed by atoms with Gasteiger partial charge in [-0.15, -0.1) is 59.7 Å². The van der Waals surface area contributed by atoms with Gasteiger partial charge in [-0.3, -0.25) is 0 Å². The number of nitrogens with zero attached hydrogens (tertiary/aromatic N) is 2. The van der Waals surface area contributed by atoms with E-state index in [1.807, 2.05) is 85.1 Å². The number of hydrogen-bond acceptors (Lipinski definition) is 4. The van der Waals surface area contributed by atoms with Crippen molar-refractivity contribution < 1.29 is 24.5 Å². The Labute approximate surface area is 281 Å². The van der Waals surface area contributed by atoms with Crippen LogP contribution in [0.15, 0.2) is 144 Å². The Morgan fingerprint density at radius 3 is 2.09 bits per heavy atom. The SMILES string of the molecule is Cc1c2cc3oc4ccccc4c3c1-c1ccccc1Nc1c[c-]c(-c3ccccn3)cc1-2.[Ir].[c-]1ccccc1-c1ccccn1. The molecule has 46 heavy (non-hydrogen) atoms. The first kappa shape index (κ1) is 29.4. The molecule has 0 aliphatic carbocycles. The predicted octanol–water partition coefficient (Wildman–Crippen LogP) is 10.7. The number of fused-ring (bicyclic) bond motifs is 10. The van der Waals surface area contributed by atoms with E-state index in [1.165, 1.54) is 16.7 Å². The molecule has 0 saturated carbocycles. The van der Waals surface area contributed by atoms with Gasteiger partial charge in [-0.25, -0.2) is 0 Å². The summed E-state index contributed by atoms with van der Waals surface area (Å²) < 4.78 is 6.37. The molecule has 0 saturated heterocycles. The number of anilines is 2. The zero-order valence-electron chi connectivity index (χ0n) is 24.9. The van der Waals surface area contributed by atoms with Crippen LogP contribution in [0.3, 0.4) is 0 Å². The largest absolute Gasteiger partial charge is 0.456 e. The van der Waals surface area contributed by atoms with Crippen molar-refractivity contribution in [3.05, 3.63) is 157 Å². The van der Waals surface area contributed by atoms with Gasteiger partial charge in [0.2, 0.25) is 0 Å². The van der Waals surface area contributed by atoms with Crippen molar-refractivity contribution in [2.75, 3.05) is 5.32 Å². The predicted molar refractivity (Wildman–Crippen MR) is 183 cm³/mol. The summed E-state index contributed by atoms with van der Waals surface area (Å²) in [5.74, 6) is 0. The second kappa shape index (κ2) is 12.6. The average molecular weight is 770 g/mol. The first-order chi connectivity index (χ1) is 22.2. The molecular formula is C41H27IrN3O-2. The van der Waals surface area contributed by atoms with Crippen LogP contribution in [0.2, 0.25) is 0 Å². The molecule has 1 N–H and O–H groups in total. The van der Waals surface area contributed by atoms with E-state index in [4.69, 9.17) is 4.42 Å². The summed E-state index contributed by atoms with van der Waals surface area (Å²) in [6.45, 7) is 2.22. The van der Waals surface area contributed by atoms with Crippen molar-refractivity contribution in [2.24, 2.45) is 0 Å². The second-order valence-corrected chi connectivity index (χ2v) is 10.9. The van der Waals surface area contributed by atoms with Crippen LogP contribution < -0.4 is 5.32 Å². The summed E-state index contributed by atoms with van der Waals surface area (Å²) in [4.78, 5) is 8.76. The second-order valence-electron chi connectivity index (χ2n) is 10.9. The Morgan fingerprint density at radius 1 is 0.609 bits per heavy atom. The van der Waals surface area contributed by atoms with Crippen LogP contribution in [-0.2, 0) is 20.1 Å². The Balaban J connectivity index is 0.000000220. The number of pyridine rings is 2.